The summed E-state index contributed by atoms with van der Waals surface area (Å²) >= 11 is 1.97. The molecular formula is C14H19IN4O2. The molecule has 2 heterocycles. The number of halogens is 1. The van der Waals surface area contributed by atoms with E-state index >= 15 is 0 Å². The predicted octanol–water partition coefficient (Wildman–Crippen LogP) is 1.85. The fraction of sp³-hybridized carbons (Fsp3) is 0.500. The number of hydrogen-bond donors (Lipinski definition) is 0. The standard InChI is InChI=1S/C14H19IN4O2/c1-4-6-17-9-12(15)13(20)18(14(17)21)8-11-5-7-19(16-11)10(2)3/h5,7,9-10H,4,6,8H2,1-3H3. The number of hydrogen-bond acceptors (Lipinski definition) is 3. The highest BCUT2D eigenvalue weighted by atomic mass is 127. The largest absolute Gasteiger partial charge is 0.331 e. The summed E-state index contributed by atoms with van der Waals surface area (Å²) < 4.78 is 5.20. The fourth-order valence-corrected chi connectivity index (χ4v) is 2.70. The zero-order valence-electron chi connectivity index (χ0n) is 12.4. The number of nitrogens with zero attached hydrogens (tertiary/aromatic N) is 4. The van der Waals surface area contributed by atoms with Crippen LogP contribution in [0.5, 0.6) is 0 Å². The van der Waals surface area contributed by atoms with Gasteiger partial charge in [0.15, 0.2) is 0 Å². The van der Waals surface area contributed by atoms with Crippen molar-refractivity contribution in [2.75, 3.05) is 0 Å². The molecule has 0 aliphatic rings. The molecule has 114 valence electrons. The van der Waals surface area contributed by atoms with Gasteiger partial charge in [0.05, 0.1) is 15.8 Å². The summed E-state index contributed by atoms with van der Waals surface area (Å²) in [5.41, 5.74) is 0.182. The molecule has 0 radical (unpaired) electrons. The van der Waals surface area contributed by atoms with Crippen molar-refractivity contribution >= 4 is 22.6 Å². The monoisotopic (exact) mass is 402 g/mol. The van der Waals surface area contributed by atoms with Crippen molar-refractivity contribution in [2.24, 2.45) is 0 Å². The van der Waals surface area contributed by atoms with E-state index in [1.807, 2.05) is 60.3 Å². The van der Waals surface area contributed by atoms with Crippen LogP contribution in [0.15, 0.2) is 28.0 Å². The van der Waals surface area contributed by atoms with Gasteiger partial charge in [0.25, 0.3) is 5.56 Å². The Bertz CT molecular complexity index is 742. The van der Waals surface area contributed by atoms with Crippen LogP contribution in [0.25, 0.3) is 0 Å². The van der Waals surface area contributed by atoms with Gasteiger partial charge in [0.1, 0.15) is 0 Å². The van der Waals surface area contributed by atoms with Crippen molar-refractivity contribution in [3.63, 3.8) is 0 Å². The minimum Gasteiger partial charge on any atom is -0.299 e. The van der Waals surface area contributed by atoms with Gasteiger partial charge in [-0.3, -0.25) is 18.6 Å². The molecule has 0 fully saturated rings. The maximum Gasteiger partial charge on any atom is 0.331 e. The van der Waals surface area contributed by atoms with Gasteiger partial charge in [-0.2, -0.15) is 5.10 Å². The second-order valence-electron chi connectivity index (χ2n) is 5.23. The summed E-state index contributed by atoms with van der Waals surface area (Å²) in [4.78, 5) is 24.6. The van der Waals surface area contributed by atoms with Crippen LogP contribution in [0, 0.1) is 3.57 Å². The second-order valence-corrected chi connectivity index (χ2v) is 6.39. The lowest BCUT2D eigenvalue weighted by atomic mass is 10.4. The van der Waals surface area contributed by atoms with Crippen LogP contribution in [-0.2, 0) is 13.1 Å². The highest BCUT2D eigenvalue weighted by Crippen LogP contribution is 2.05. The average molecular weight is 402 g/mol. The molecule has 0 aliphatic carbocycles. The van der Waals surface area contributed by atoms with E-state index in [2.05, 4.69) is 5.10 Å². The molecule has 0 aromatic carbocycles. The molecule has 2 rings (SSSR count). The molecule has 0 saturated heterocycles. The molecule has 0 amide bonds. The number of aryl methyl sites for hydroxylation is 1. The summed E-state index contributed by atoms with van der Waals surface area (Å²) in [6, 6.07) is 2.10. The predicted molar refractivity (Wildman–Crippen MR) is 89.7 cm³/mol. The van der Waals surface area contributed by atoms with E-state index in [1.165, 1.54) is 4.57 Å². The Morgan fingerprint density at radius 3 is 2.62 bits per heavy atom. The Balaban J connectivity index is 2.43. The van der Waals surface area contributed by atoms with Crippen molar-refractivity contribution in [2.45, 2.75) is 46.3 Å². The van der Waals surface area contributed by atoms with E-state index in [4.69, 9.17) is 0 Å². The van der Waals surface area contributed by atoms with Crippen LogP contribution < -0.4 is 11.2 Å². The molecule has 0 saturated carbocycles. The molecule has 2 aromatic rings. The zero-order valence-corrected chi connectivity index (χ0v) is 14.6. The molecule has 2 aromatic heterocycles. The van der Waals surface area contributed by atoms with Gasteiger partial charge in [-0.1, -0.05) is 6.92 Å². The fourth-order valence-electron chi connectivity index (χ4n) is 2.07. The van der Waals surface area contributed by atoms with Gasteiger partial charge >= 0.3 is 5.69 Å². The number of rotatable bonds is 5. The van der Waals surface area contributed by atoms with Crippen molar-refractivity contribution in [1.29, 1.82) is 0 Å². The average Bonchev–Trinajstić information content (AvgIpc) is 2.90. The topological polar surface area (TPSA) is 61.8 Å². The Morgan fingerprint density at radius 2 is 2.05 bits per heavy atom. The number of aromatic nitrogens is 4. The lowest BCUT2D eigenvalue weighted by Crippen LogP contribution is -2.41. The van der Waals surface area contributed by atoms with E-state index in [0.717, 1.165) is 6.42 Å². The van der Waals surface area contributed by atoms with Crippen molar-refractivity contribution in [1.82, 2.24) is 18.9 Å². The molecule has 0 aliphatic heterocycles. The SMILES string of the molecule is CCCn1cc(I)c(=O)n(Cc2ccn(C(C)C)n2)c1=O. The van der Waals surface area contributed by atoms with Crippen LogP contribution in [0.3, 0.4) is 0 Å². The maximum atomic E-state index is 12.4. The van der Waals surface area contributed by atoms with Crippen LogP contribution in [0.4, 0.5) is 0 Å². The molecule has 6 nitrogen and oxygen atoms in total. The van der Waals surface area contributed by atoms with Gasteiger partial charge in [-0.05, 0) is 48.9 Å². The lowest BCUT2D eigenvalue weighted by Gasteiger charge is -2.09. The lowest BCUT2D eigenvalue weighted by molar-refractivity contribution is 0.516. The first kappa shape index (κ1) is 16.0. The van der Waals surface area contributed by atoms with Crippen molar-refractivity contribution < 1.29 is 0 Å². The van der Waals surface area contributed by atoms with Crippen LogP contribution in [-0.4, -0.2) is 18.9 Å². The van der Waals surface area contributed by atoms with Crippen molar-refractivity contribution in [3.8, 4) is 0 Å². The Kier molecular flexibility index (Phi) is 5.02. The van der Waals surface area contributed by atoms with E-state index in [0.29, 0.717) is 15.8 Å². The second kappa shape index (κ2) is 6.59. The Hall–Kier alpha value is -1.38. The third-order valence-corrected chi connectivity index (χ3v) is 3.91. The van der Waals surface area contributed by atoms with E-state index < -0.39 is 0 Å². The van der Waals surface area contributed by atoms with E-state index in [9.17, 15) is 9.59 Å². The third kappa shape index (κ3) is 3.45. The molecule has 0 unspecified atom stereocenters. The molecule has 0 N–H and O–H groups in total. The molecule has 21 heavy (non-hydrogen) atoms. The van der Waals surface area contributed by atoms with E-state index in [-0.39, 0.29) is 23.8 Å². The van der Waals surface area contributed by atoms with Crippen molar-refractivity contribution in [3.05, 3.63) is 48.6 Å². The van der Waals surface area contributed by atoms with Gasteiger partial charge in [0.2, 0.25) is 0 Å². The summed E-state index contributed by atoms with van der Waals surface area (Å²) in [5.74, 6) is 0. The summed E-state index contributed by atoms with van der Waals surface area (Å²) in [5, 5.41) is 4.40. The van der Waals surface area contributed by atoms with E-state index in [1.54, 1.807) is 10.8 Å². The molecule has 0 spiro atoms. The van der Waals surface area contributed by atoms with Gasteiger partial charge < -0.3 is 0 Å². The third-order valence-electron chi connectivity index (χ3n) is 3.17. The first-order valence-corrected chi connectivity index (χ1v) is 8.05. The maximum absolute atomic E-state index is 12.4. The van der Waals surface area contributed by atoms with Crippen LogP contribution in [0.1, 0.15) is 38.9 Å². The smallest absolute Gasteiger partial charge is 0.299 e. The summed E-state index contributed by atoms with van der Waals surface area (Å²) in [6.07, 6.45) is 4.33. The van der Waals surface area contributed by atoms with Crippen LogP contribution >= 0.6 is 22.6 Å². The molecular weight excluding hydrogens is 383 g/mol. The summed E-state index contributed by atoms with van der Waals surface area (Å²) in [6.45, 7) is 6.87. The highest BCUT2D eigenvalue weighted by Gasteiger charge is 2.11. The molecule has 0 bridgehead atoms. The molecule has 7 heteroatoms. The first-order chi connectivity index (χ1) is 9.93. The van der Waals surface area contributed by atoms with Crippen LogP contribution in [0.2, 0.25) is 0 Å². The van der Waals surface area contributed by atoms with Gasteiger partial charge in [-0.25, -0.2) is 4.79 Å². The zero-order chi connectivity index (χ0) is 15.6. The summed E-state index contributed by atoms with van der Waals surface area (Å²) in [7, 11) is 0. The quantitative estimate of drug-likeness (QED) is 0.718. The minimum atomic E-state index is -0.277. The highest BCUT2D eigenvalue weighted by molar-refractivity contribution is 14.1. The van der Waals surface area contributed by atoms with Gasteiger partial charge in [-0.15, -0.1) is 0 Å². The normalized spacial score (nSPS) is 11.3. The molecule has 0 atom stereocenters. The first-order valence-electron chi connectivity index (χ1n) is 6.97. The Morgan fingerprint density at radius 1 is 1.33 bits per heavy atom. The minimum absolute atomic E-state index is 0.206. The van der Waals surface area contributed by atoms with Gasteiger partial charge in [0, 0.05) is 25.0 Å². The Labute approximate surface area is 136 Å².